The standard InChI is InChI=1S/C23H25N5O6/c1-34-23(33)24-13-20(30)28-12-2-3-19(28)22(32)27-17-6-4-15(5-7-17)21(31)26-18-10-8-16(9-11-18)25-14-29/h4-11,14,19H,2-3,12-13H2,1H3,(H,24,33)(H,25,29)(H,26,31)(H,27,32)/t19-/m0/s1. The lowest BCUT2D eigenvalue weighted by atomic mass is 10.1. The van der Waals surface area contributed by atoms with Crippen LogP contribution >= 0.6 is 0 Å². The second kappa shape index (κ2) is 11.5. The van der Waals surface area contributed by atoms with Crippen molar-refractivity contribution in [2.45, 2.75) is 18.9 Å². The van der Waals surface area contributed by atoms with Crippen molar-refractivity contribution in [3.63, 3.8) is 0 Å². The van der Waals surface area contributed by atoms with Gasteiger partial charge in [0.15, 0.2) is 0 Å². The molecule has 3 rings (SSSR count). The second-order valence-corrected chi connectivity index (χ2v) is 7.45. The van der Waals surface area contributed by atoms with Gasteiger partial charge in [0.25, 0.3) is 5.91 Å². The first-order valence-corrected chi connectivity index (χ1v) is 10.5. The highest BCUT2D eigenvalue weighted by Crippen LogP contribution is 2.20. The van der Waals surface area contributed by atoms with E-state index in [0.717, 1.165) is 0 Å². The number of carbonyl (C=O) groups is 5. The third-order valence-electron chi connectivity index (χ3n) is 5.23. The smallest absolute Gasteiger partial charge is 0.407 e. The molecular formula is C23H25N5O6. The molecule has 1 atom stereocenters. The molecule has 0 aromatic heterocycles. The maximum Gasteiger partial charge on any atom is 0.407 e. The highest BCUT2D eigenvalue weighted by Gasteiger charge is 2.34. The van der Waals surface area contributed by atoms with Gasteiger partial charge in [0.1, 0.15) is 12.6 Å². The van der Waals surface area contributed by atoms with Crippen LogP contribution in [0.4, 0.5) is 21.9 Å². The van der Waals surface area contributed by atoms with E-state index in [2.05, 4.69) is 26.0 Å². The number of hydrogen-bond acceptors (Lipinski definition) is 6. The summed E-state index contributed by atoms with van der Waals surface area (Å²) < 4.78 is 4.45. The average molecular weight is 467 g/mol. The van der Waals surface area contributed by atoms with Gasteiger partial charge in [-0.2, -0.15) is 0 Å². The van der Waals surface area contributed by atoms with Crippen LogP contribution in [0.25, 0.3) is 0 Å². The van der Waals surface area contributed by atoms with Gasteiger partial charge < -0.3 is 30.9 Å². The highest BCUT2D eigenvalue weighted by molar-refractivity contribution is 6.05. The Kier molecular flexibility index (Phi) is 8.16. The summed E-state index contributed by atoms with van der Waals surface area (Å²) in [5.41, 5.74) is 2.04. The first kappa shape index (κ1) is 24.2. The molecule has 0 saturated carbocycles. The Morgan fingerprint density at radius 3 is 2.24 bits per heavy atom. The Morgan fingerprint density at radius 2 is 1.59 bits per heavy atom. The van der Waals surface area contributed by atoms with E-state index in [1.54, 1.807) is 48.5 Å². The normalized spacial score (nSPS) is 14.6. The van der Waals surface area contributed by atoms with Gasteiger partial charge in [0, 0.05) is 29.2 Å². The molecule has 34 heavy (non-hydrogen) atoms. The molecule has 1 aliphatic heterocycles. The summed E-state index contributed by atoms with van der Waals surface area (Å²) in [5, 5.41) is 10.4. The molecule has 0 radical (unpaired) electrons. The van der Waals surface area contributed by atoms with E-state index < -0.39 is 12.1 Å². The summed E-state index contributed by atoms with van der Waals surface area (Å²) >= 11 is 0. The molecule has 0 aliphatic carbocycles. The molecule has 1 aliphatic rings. The number of likely N-dealkylation sites (tertiary alicyclic amines) is 1. The topological polar surface area (TPSA) is 146 Å². The Bertz CT molecular complexity index is 1050. The number of benzene rings is 2. The quantitative estimate of drug-likeness (QED) is 0.436. The minimum absolute atomic E-state index is 0.253. The van der Waals surface area contributed by atoms with E-state index >= 15 is 0 Å². The van der Waals surface area contributed by atoms with Gasteiger partial charge in [0.2, 0.25) is 18.2 Å². The molecule has 1 heterocycles. The number of rotatable bonds is 8. The number of amides is 5. The number of nitrogens with zero attached hydrogens (tertiary/aromatic N) is 1. The van der Waals surface area contributed by atoms with Crippen LogP contribution in [0.2, 0.25) is 0 Å². The zero-order valence-electron chi connectivity index (χ0n) is 18.5. The van der Waals surface area contributed by atoms with Crippen LogP contribution in [-0.4, -0.2) is 61.4 Å². The third kappa shape index (κ3) is 6.31. The highest BCUT2D eigenvalue weighted by atomic mass is 16.5. The van der Waals surface area contributed by atoms with E-state index in [4.69, 9.17) is 0 Å². The number of nitrogens with one attached hydrogen (secondary N) is 4. The van der Waals surface area contributed by atoms with Crippen molar-refractivity contribution in [2.24, 2.45) is 0 Å². The van der Waals surface area contributed by atoms with Gasteiger partial charge >= 0.3 is 6.09 Å². The van der Waals surface area contributed by atoms with Gasteiger partial charge in [-0.05, 0) is 61.4 Å². The molecule has 1 fully saturated rings. The Labute approximate surface area is 195 Å². The van der Waals surface area contributed by atoms with Crippen LogP contribution in [0, 0.1) is 0 Å². The van der Waals surface area contributed by atoms with Crippen LogP contribution in [0.3, 0.4) is 0 Å². The van der Waals surface area contributed by atoms with Crippen molar-refractivity contribution in [3.05, 3.63) is 54.1 Å². The van der Waals surface area contributed by atoms with Crippen molar-refractivity contribution in [2.75, 3.05) is 36.1 Å². The van der Waals surface area contributed by atoms with Crippen LogP contribution < -0.4 is 21.3 Å². The molecule has 0 spiro atoms. The maximum absolute atomic E-state index is 12.7. The van der Waals surface area contributed by atoms with Gasteiger partial charge in [0.05, 0.1) is 7.11 Å². The maximum atomic E-state index is 12.7. The summed E-state index contributed by atoms with van der Waals surface area (Å²) in [5.74, 6) is -1.05. The second-order valence-electron chi connectivity index (χ2n) is 7.45. The predicted octanol–water partition coefficient (Wildman–Crippen LogP) is 1.79. The molecule has 178 valence electrons. The van der Waals surface area contributed by atoms with Gasteiger partial charge in [-0.15, -0.1) is 0 Å². The number of hydrogen-bond donors (Lipinski definition) is 4. The van der Waals surface area contributed by atoms with E-state index in [1.165, 1.54) is 12.0 Å². The number of carbonyl (C=O) groups excluding carboxylic acids is 5. The fourth-order valence-corrected chi connectivity index (χ4v) is 3.51. The van der Waals surface area contributed by atoms with Crippen LogP contribution in [-0.2, 0) is 19.1 Å². The molecule has 11 heteroatoms. The summed E-state index contributed by atoms with van der Waals surface area (Å²) in [4.78, 5) is 60.6. The molecule has 11 nitrogen and oxygen atoms in total. The summed E-state index contributed by atoms with van der Waals surface area (Å²) in [7, 11) is 1.20. The molecule has 4 N–H and O–H groups in total. The predicted molar refractivity (Wildman–Crippen MR) is 124 cm³/mol. The zero-order chi connectivity index (χ0) is 24.5. The molecule has 2 aromatic rings. The average Bonchev–Trinajstić information content (AvgIpc) is 3.34. The van der Waals surface area contributed by atoms with Crippen molar-refractivity contribution in [1.82, 2.24) is 10.2 Å². The van der Waals surface area contributed by atoms with Crippen molar-refractivity contribution in [3.8, 4) is 0 Å². The minimum atomic E-state index is -0.718. The molecule has 2 aromatic carbocycles. The Morgan fingerprint density at radius 1 is 0.971 bits per heavy atom. The van der Waals surface area contributed by atoms with E-state index in [0.29, 0.717) is 48.4 Å². The lowest BCUT2D eigenvalue weighted by Gasteiger charge is -2.24. The first-order valence-electron chi connectivity index (χ1n) is 10.5. The summed E-state index contributed by atoms with van der Waals surface area (Å²) in [6.07, 6.45) is 1.04. The Balaban J connectivity index is 1.55. The zero-order valence-corrected chi connectivity index (χ0v) is 18.5. The minimum Gasteiger partial charge on any atom is -0.453 e. The number of ether oxygens (including phenoxy) is 1. The van der Waals surface area contributed by atoms with Crippen molar-refractivity contribution < 1.29 is 28.7 Å². The lowest BCUT2D eigenvalue weighted by molar-refractivity contribution is -0.135. The van der Waals surface area contributed by atoms with Crippen LogP contribution in [0.15, 0.2) is 48.5 Å². The fourth-order valence-electron chi connectivity index (χ4n) is 3.51. The molecule has 0 bridgehead atoms. The largest absolute Gasteiger partial charge is 0.453 e. The molecule has 0 unspecified atom stereocenters. The Hall–Kier alpha value is -4.41. The van der Waals surface area contributed by atoms with Gasteiger partial charge in [-0.25, -0.2) is 4.79 Å². The lowest BCUT2D eigenvalue weighted by Crippen LogP contribution is -2.47. The number of anilines is 3. The van der Waals surface area contributed by atoms with Crippen molar-refractivity contribution >= 4 is 47.3 Å². The van der Waals surface area contributed by atoms with E-state index in [1.807, 2.05) is 0 Å². The van der Waals surface area contributed by atoms with E-state index in [9.17, 15) is 24.0 Å². The fraction of sp³-hybridized carbons (Fsp3) is 0.261. The van der Waals surface area contributed by atoms with Gasteiger partial charge in [-0.3, -0.25) is 19.2 Å². The summed E-state index contributed by atoms with van der Waals surface area (Å²) in [6, 6.07) is 12.3. The summed E-state index contributed by atoms with van der Waals surface area (Å²) in [6.45, 7) is 0.168. The van der Waals surface area contributed by atoms with Gasteiger partial charge in [-0.1, -0.05) is 0 Å². The molecule has 1 saturated heterocycles. The number of methoxy groups -OCH3 is 1. The van der Waals surface area contributed by atoms with Crippen LogP contribution in [0.5, 0.6) is 0 Å². The third-order valence-corrected chi connectivity index (χ3v) is 5.23. The number of alkyl carbamates (subject to hydrolysis) is 1. The molecule has 5 amide bonds. The van der Waals surface area contributed by atoms with Crippen molar-refractivity contribution in [1.29, 1.82) is 0 Å². The SMILES string of the molecule is COC(=O)NCC(=O)N1CCC[C@H]1C(=O)Nc1ccc(C(=O)Nc2ccc(NC=O)cc2)cc1. The van der Waals surface area contributed by atoms with Crippen LogP contribution in [0.1, 0.15) is 23.2 Å². The monoisotopic (exact) mass is 467 g/mol. The van der Waals surface area contributed by atoms with E-state index in [-0.39, 0.29) is 24.3 Å². The first-order chi connectivity index (χ1) is 16.4. The molecular weight excluding hydrogens is 442 g/mol.